The highest BCUT2D eigenvalue weighted by Gasteiger charge is 2.14. The molecule has 0 saturated heterocycles. The predicted octanol–water partition coefficient (Wildman–Crippen LogP) is 5.12. The summed E-state index contributed by atoms with van der Waals surface area (Å²) in [6, 6.07) is 13.2. The number of aromatic nitrogens is 2. The molecular formula is C26H28N4O4S. The Hall–Kier alpha value is -3.90. The van der Waals surface area contributed by atoms with Crippen molar-refractivity contribution in [2.75, 3.05) is 25.1 Å². The van der Waals surface area contributed by atoms with Crippen molar-refractivity contribution in [3.63, 3.8) is 0 Å². The van der Waals surface area contributed by atoms with Crippen LogP contribution in [0.5, 0.6) is 17.2 Å². The van der Waals surface area contributed by atoms with E-state index in [0.29, 0.717) is 42.0 Å². The van der Waals surface area contributed by atoms with Gasteiger partial charge in [0.15, 0.2) is 11.5 Å². The van der Waals surface area contributed by atoms with Crippen LogP contribution >= 0.6 is 11.3 Å². The third-order valence-corrected chi connectivity index (χ3v) is 5.86. The van der Waals surface area contributed by atoms with Crippen molar-refractivity contribution in [1.82, 2.24) is 10.2 Å². The van der Waals surface area contributed by atoms with E-state index >= 15 is 0 Å². The van der Waals surface area contributed by atoms with Crippen LogP contribution in [0.2, 0.25) is 0 Å². The molecule has 35 heavy (non-hydrogen) atoms. The lowest BCUT2D eigenvalue weighted by Crippen LogP contribution is -2.13. The second-order valence-electron chi connectivity index (χ2n) is 7.58. The van der Waals surface area contributed by atoms with Gasteiger partial charge in [-0.3, -0.25) is 10.1 Å². The molecule has 2 aromatic carbocycles. The summed E-state index contributed by atoms with van der Waals surface area (Å²) in [6.07, 6.45) is 2.22. The summed E-state index contributed by atoms with van der Waals surface area (Å²) in [5, 5.41) is 21.2. The highest BCUT2D eigenvalue weighted by molar-refractivity contribution is 7.15. The molecule has 0 bridgehead atoms. The minimum Gasteiger partial charge on any atom is -0.490 e. The SMILES string of the molecule is CCOc1cc(C=C(C#N)C(=O)Nc2nnc(CC)s2)ccc1OCCOc1cc(C)ccc1C. The van der Waals surface area contributed by atoms with Gasteiger partial charge >= 0.3 is 0 Å². The maximum atomic E-state index is 12.5. The summed E-state index contributed by atoms with van der Waals surface area (Å²) in [5.74, 6) is 1.36. The van der Waals surface area contributed by atoms with Crippen molar-refractivity contribution in [3.8, 4) is 23.3 Å². The minimum atomic E-state index is -0.548. The molecule has 182 valence electrons. The molecule has 9 heteroatoms. The summed E-state index contributed by atoms with van der Waals surface area (Å²) in [4.78, 5) is 12.5. The normalized spacial score (nSPS) is 11.0. The van der Waals surface area contributed by atoms with Crippen LogP contribution in [0.25, 0.3) is 6.08 Å². The third kappa shape index (κ3) is 7.29. The van der Waals surface area contributed by atoms with Crippen molar-refractivity contribution in [1.29, 1.82) is 5.26 Å². The smallest absolute Gasteiger partial charge is 0.268 e. The van der Waals surface area contributed by atoms with Crippen LogP contribution in [0.3, 0.4) is 0 Å². The summed E-state index contributed by atoms with van der Waals surface area (Å²) < 4.78 is 17.4. The maximum Gasteiger partial charge on any atom is 0.268 e. The number of ether oxygens (including phenoxy) is 3. The lowest BCUT2D eigenvalue weighted by Gasteiger charge is -2.14. The number of anilines is 1. The summed E-state index contributed by atoms with van der Waals surface area (Å²) >= 11 is 1.28. The van der Waals surface area contributed by atoms with Gasteiger partial charge in [0.2, 0.25) is 5.13 Å². The standard InChI is InChI=1S/C26H28N4O4S/c1-5-24-29-30-26(35-24)28-25(31)20(16-27)14-19-9-10-21(23(15-19)32-6-2)33-11-12-34-22-13-17(3)7-8-18(22)4/h7-10,13-15H,5-6,11-12H2,1-4H3,(H,28,30,31). The summed E-state index contributed by atoms with van der Waals surface area (Å²) in [5.41, 5.74) is 2.77. The molecule has 0 aliphatic rings. The van der Waals surface area contributed by atoms with Crippen LogP contribution in [0.1, 0.15) is 35.5 Å². The fourth-order valence-corrected chi connectivity index (χ4v) is 3.77. The van der Waals surface area contributed by atoms with Gasteiger partial charge in [0, 0.05) is 0 Å². The average Bonchev–Trinajstić information content (AvgIpc) is 3.31. The Balaban J connectivity index is 1.66. The number of hydrogen-bond acceptors (Lipinski definition) is 8. The van der Waals surface area contributed by atoms with E-state index in [4.69, 9.17) is 14.2 Å². The van der Waals surface area contributed by atoms with Crippen molar-refractivity contribution < 1.29 is 19.0 Å². The van der Waals surface area contributed by atoms with E-state index in [1.165, 1.54) is 17.4 Å². The van der Waals surface area contributed by atoms with Gasteiger partial charge in [0.1, 0.15) is 35.6 Å². The first-order valence-corrected chi connectivity index (χ1v) is 12.1. The van der Waals surface area contributed by atoms with Gasteiger partial charge in [-0.1, -0.05) is 36.5 Å². The van der Waals surface area contributed by atoms with Crippen molar-refractivity contribution in [3.05, 3.63) is 63.7 Å². The molecule has 0 spiro atoms. The predicted molar refractivity (Wildman–Crippen MR) is 136 cm³/mol. The molecule has 3 rings (SSSR count). The molecule has 3 aromatic rings. The molecule has 1 amide bonds. The Kier molecular flexibility index (Phi) is 9.21. The zero-order valence-electron chi connectivity index (χ0n) is 20.3. The van der Waals surface area contributed by atoms with Crippen molar-refractivity contribution in [2.45, 2.75) is 34.1 Å². The van der Waals surface area contributed by atoms with E-state index in [0.717, 1.165) is 28.3 Å². The summed E-state index contributed by atoms with van der Waals surface area (Å²) in [7, 11) is 0. The van der Waals surface area contributed by atoms with Gasteiger partial charge in [-0.05, 0) is 68.2 Å². The number of nitrogens with one attached hydrogen (secondary N) is 1. The molecule has 0 fully saturated rings. The van der Waals surface area contributed by atoms with Gasteiger partial charge in [0.05, 0.1) is 6.61 Å². The van der Waals surface area contributed by atoms with E-state index < -0.39 is 5.91 Å². The van der Waals surface area contributed by atoms with Gasteiger partial charge in [0.25, 0.3) is 5.91 Å². The molecule has 1 heterocycles. The van der Waals surface area contributed by atoms with E-state index in [2.05, 4.69) is 15.5 Å². The van der Waals surface area contributed by atoms with Crippen molar-refractivity contribution in [2.24, 2.45) is 0 Å². The van der Waals surface area contributed by atoms with Crippen LogP contribution in [0.4, 0.5) is 5.13 Å². The van der Waals surface area contributed by atoms with Crippen LogP contribution < -0.4 is 19.5 Å². The number of nitriles is 1. The quantitative estimate of drug-likeness (QED) is 0.225. The Morgan fingerprint density at radius 2 is 1.80 bits per heavy atom. The van der Waals surface area contributed by atoms with Crippen LogP contribution in [-0.2, 0) is 11.2 Å². The molecule has 0 aliphatic carbocycles. The number of rotatable bonds is 11. The second-order valence-corrected chi connectivity index (χ2v) is 8.65. The maximum absolute atomic E-state index is 12.5. The zero-order valence-corrected chi connectivity index (χ0v) is 21.1. The highest BCUT2D eigenvalue weighted by atomic mass is 32.1. The molecule has 0 radical (unpaired) electrons. The van der Waals surface area contributed by atoms with Crippen molar-refractivity contribution >= 4 is 28.5 Å². The second kappa shape index (κ2) is 12.5. The average molecular weight is 493 g/mol. The number of amides is 1. The van der Waals surface area contributed by atoms with Gasteiger partial charge in [-0.25, -0.2) is 0 Å². The first-order valence-electron chi connectivity index (χ1n) is 11.3. The lowest BCUT2D eigenvalue weighted by atomic mass is 10.1. The van der Waals surface area contributed by atoms with E-state index in [1.807, 2.05) is 52.0 Å². The van der Waals surface area contributed by atoms with Crippen LogP contribution in [0.15, 0.2) is 42.0 Å². The number of aryl methyl sites for hydroxylation is 3. The molecular weight excluding hydrogens is 464 g/mol. The first kappa shape index (κ1) is 25.7. The number of carbonyl (C=O) groups is 1. The highest BCUT2D eigenvalue weighted by Crippen LogP contribution is 2.30. The lowest BCUT2D eigenvalue weighted by molar-refractivity contribution is -0.112. The molecule has 0 unspecified atom stereocenters. The molecule has 8 nitrogen and oxygen atoms in total. The molecule has 0 atom stereocenters. The molecule has 1 aromatic heterocycles. The Morgan fingerprint density at radius 1 is 1.03 bits per heavy atom. The van der Waals surface area contributed by atoms with E-state index in [-0.39, 0.29) is 5.57 Å². The number of nitrogens with zero attached hydrogens (tertiary/aromatic N) is 3. The van der Waals surface area contributed by atoms with Crippen LogP contribution in [-0.4, -0.2) is 35.9 Å². The Morgan fingerprint density at radius 3 is 2.49 bits per heavy atom. The summed E-state index contributed by atoms with van der Waals surface area (Å²) in [6.45, 7) is 8.99. The van der Waals surface area contributed by atoms with E-state index in [9.17, 15) is 10.1 Å². The molecule has 0 aliphatic heterocycles. The third-order valence-electron chi connectivity index (χ3n) is 4.88. The van der Waals surface area contributed by atoms with Gasteiger partial charge < -0.3 is 14.2 Å². The largest absolute Gasteiger partial charge is 0.490 e. The minimum absolute atomic E-state index is 0.0590. The van der Waals surface area contributed by atoms with Gasteiger partial charge in [-0.15, -0.1) is 10.2 Å². The number of carbonyl (C=O) groups excluding carboxylic acids is 1. The zero-order chi connectivity index (χ0) is 25.2. The fraction of sp³-hybridized carbons (Fsp3) is 0.308. The monoisotopic (exact) mass is 492 g/mol. The molecule has 0 saturated carbocycles. The molecule has 1 N–H and O–H groups in total. The number of benzene rings is 2. The van der Waals surface area contributed by atoms with E-state index in [1.54, 1.807) is 18.2 Å². The van der Waals surface area contributed by atoms with Crippen LogP contribution in [0, 0.1) is 25.2 Å². The number of hydrogen-bond donors (Lipinski definition) is 1. The first-order chi connectivity index (χ1) is 16.9. The topological polar surface area (TPSA) is 106 Å². The Labute approximate surface area is 209 Å². The van der Waals surface area contributed by atoms with Gasteiger partial charge in [-0.2, -0.15) is 5.26 Å². The fourth-order valence-electron chi connectivity index (χ4n) is 3.09. The Bertz CT molecular complexity index is 1250.